The summed E-state index contributed by atoms with van der Waals surface area (Å²) in [4.78, 5) is 0. The lowest BCUT2D eigenvalue weighted by Gasteiger charge is -1.84. The molecule has 0 aromatic heterocycles. The van der Waals surface area contributed by atoms with Gasteiger partial charge in [-0.2, -0.15) is 0 Å². The van der Waals surface area contributed by atoms with Crippen molar-refractivity contribution in [3.63, 3.8) is 0 Å². The first-order valence-electron chi connectivity index (χ1n) is 2.37. The van der Waals surface area contributed by atoms with Crippen LogP contribution in [0.5, 0.6) is 0 Å². The molecule has 0 fully saturated rings. The summed E-state index contributed by atoms with van der Waals surface area (Å²) >= 11 is 0. The predicted octanol–water partition coefficient (Wildman–Crippen LogP) is 2.37. The minimum Gasteiger partial charge on any atom is -0.283 e. The normalized spacial score (nSPS) is 10.7. The van der Waals surface area contributed by atoms with Gasteiger partial charge in [-0.25, -0.2) is 0 Å². The van der Waals surface area contributed by atoms with Gasteiger partial charge in [0, 0.05) is 6.16 Å². The molecular formula is C5H10OP. The van der Waals surface area contributed by atoms with Crippen LogP contribution < -0.4 is 0 Å². The van der Waals surface area contributed by atoms with Crippen molar-refractivity contribution < 1.29 is 4.57 Å². The van der Waals surface area contributed by atoms with Crippen molar-refractivity contribution in [3.05, 3.63) is 12.4 Å². The molecule has 0 N–H and O–H groups in total. The van der Waals surface area contributed by atoms with Crippen molar-refractivity contribution in [2.24, 2.45) is 0 Å². The van der Waals surface area contributed by atoms with Crippen LogP contribution in [0.1, 0.15) is 13.3 Å². The first-order chi connectivity index (χ1) is 3.31. The third-order valence-electron chi connectivity index (χ3n) is 0.648. The van der Waals surface area contributed by atoms with E-state index in [1.165, 1.54) is 5.82 Å². The van der Waals surface area contributed by atoms with Gasteiger partial charge in [0.2, 0.25) is 0 Å². The summed E-state index contributed by atoms with van der Waals surface area (Å²) in [7, 11) is -1.06. The summed E-state index contributed by atoms with van der Waals surface area (Å²) < 4.78 is 10.4. The van der Waals surface area contributed by atoms with Crippen LogP contribution in [0.4, 0.5) is 0 Å². The highest BCUT2D eigenvalue weighted by Crippen LogP contribution is 2.20. The topological polar surface area (TPSA) is 17.1 Å². The molecule has 0 aliphatic heterocycles. The molecule has 1 radical (unpaired) electrons. The van der Waals surface area contributed by atoms with E-state index in [0.717, 1.165) is 12.6 Å². The van der Waals surface area contributed by atoms with Crippen molar-refractivity contribution in [2.45, 2.75) is 13.3 Å². The SMILES string of the molecule is C=C[P](=O)CCC. The number of hydrogen-bond acceptors (Lipinski definition) is 1. The Bertz CT molecular complexity index is 78.1. The van der Waals surface area contributed by atoms with Gasteiger partial charge in [-0.15, -0.1) is 0 Å². The molecule has 0 amide bonds. The zero-order valence-electron chi connectivity index (χ0n) is 4.55. The molecule has 0 aliphatic carbocycles. The lowest BCUT2D eigenvalue weighted by atomic mass is 10.6. The van der Waals surface area contributed by atoms with Crippen LogP contribution in [0, 0.1) is 0 Å². The van der Waals surface area contributed by atoms with E-state index in [4.69, 9.17) is 0 Å². The van der Waals surface area contributed by atoms with Gasteiger partial charge in [0.25, 0.3) is 0 Å². The standard InChI is InChI=1S/C5H10OP/c1-3-5-7(6)4-2/h4H,2-3,5H2,1H3. The largest absolute Gasteiger partial charge is 0.283 e. The summed E-state index contributed by atoms with van der Waals surface area (Å²) in [5.74, 6) is 1.51. The van der Waals surface area contributed by atoms with Gasteiger partial charge in [0.05, 0.1) is 7.80 Å². The molecule has 0 spiro atoms. The van der Waals surface area contributed by atoms with Gasteiger partial charge >= 0.3 is 0 Å². The second-order valence-electron chi connectivity index (χ2n) is 1.32. The van der Waals surface area contributed by atoms with Crippen LogP contribution in [0.15, 0.2) is 12.4 Å². The second-order valence-corrected chi connectivity index (χ2v) is 2.97. The van der Waals surface area contributed by atoms with Crippen molar-refractivity contribution in [2.75, 3.05) is 6.16 Å². The average molecular weight is 117 g/mol. The maximum absolute atomic E-state index is 10.4. The van der Waals surface area contributed by atoms with Crippen molar-refractivity contribution in [1.82, 2.24) is 0 Å². The molecule has 0 aromatic rings. The third-order valence-corrected chi connectivity index (χ3v) is 1.94. The Morgan fingerprint density at radius 3 is 2.57 bits per heavy atom. The fourth-order valence-electron chi connectivity index (χ4n) is 0.312. The summed E-state index contributed by atoms with van der Waals surface area (Å²) in [6.07, 6.45) is 1.78. The Balaban J connectivity index is 3.17. The quantitative estimate of drug-likeness (QED) is 0.518. The zero-order valence-corrected chi connectivity index (χ0v) is 5.45. The van der Waals surface area contributed by atoms with E-state index in [2.05, 4.69) is 6.58 Å². The van der Waals surface area contributed by atoms with Crippen LogP contribution in [0.25, 0.3) is 0 Å². The molecule has 0 rings (SSSR count). The molecule has 1 nitrogen and oxygen atoms in total. The summed E-state index contributed by atoms with van der Waals surface area (Å²) in [5, 5.41) is 0. The zero-order chi connectivity index (χ0) is 5.70. The highest BCUT2D eigenvalue weighted by molar-refractivity contribution is 7.48. The molecule has 0 heterocycles. The second kappa shape index (κ2) is 4.01. The van der Waals surface area contributed by atoms with Crippen LogP contribution in [0.2, 0.25) is 0 Å². The Morgan fingerprint density at radius 2 is 2.43 bits per heavy atom. The van der Waals surface area contributed by atoms with Crippen molar-refractivity contribution in [1.29, 1.82) is 0 Å². The van der Waals surface area contributed by atoms with Gasteiger partial charge in [0.15, 0.2) is 0 Å². The average Bonchev–Trinajstić information content (AvgIpc) is 1.68. The van der Waals surface area contributed by atoms with E-state index >= 15 is 0 Å². The Kier molecular flexibility index (Phi) is 3.92. The maximum Gasteiger partial charge on any atom is 0.0959 e. The molecule has 0 aromatic carbocycles. The number of hydrogen-bond donors (Lipinski definition) is 0. The van der Waals surface area contributed by atoms with E-state index in [0.29, 0.717) is 0 Å². The molecule has 0 saturated heterocycles. The monoisotopic (exact) mass is 117 g/mol. The Hall–Kier alpha value is -0.160. The molecule has 0 saturated carbocycles. The third kappa shape index (κ3) is 3.68. The molecule has 2 heteroatoms. The highest BCUT2D eigenvalue weighted by atomic mass is 31.1. The van der Waals surface area contributed by atoms with E-state index < -0.39 is 7.80 Å². The van der Waals surface area contributed by atoms with Crippen LogP contribution in [-0.4, -0.2) is 6.16 Å². The number of rotatable bonds is 3. The van der Waals surface area contributed by atoms with Crippen molar-refractivity contribution in [3.8, 4) is 0 Å². The molecule has 1 unspecified atom stereocenters. The molecule has 7 heavy (non-hydrogen) atoms. The minimum atomic E-state index is -1.06. The van der Waals surface area contributed by atoms with Gasteiger partial charge in [-0.1, -0.05) is 13.5 Å². The summed E-state index contributed by atoms with van der Waals surface area (Å²) in [6, 6.07) is 0. The molecule has 41 valence electrons. The van der Waals surface area contributed by atoms with E-state index in [1.54, 1.807) is 0 Å². The van der Waals surface area contributed by atoms with E-state index in [-0.39, 0.29) is 0 Å². The highest BCUT2D eigenvalue weighted by Gasteiger charge is 1.86. The molecule has 1 atom stereocenters. The fraction of sp³-hybridized carbons (Fsp3) is 0.600. The Morgan fingerprint density at radius 1 is 1.86 bits per heavy atom. The lowest BCUT2D eigenvalue weighted by molar-refractivity contribution is 0.592. The van der Waals surface area contributed by atoms with Crippen LogP contribution in [-0.2, 0) is 4.57 Å². The fourth-order valence-corrected chi connectivity index (χ4v) is 0.935. The van der Waals surface area contributed by atoms with Gasteiger partial charge in [-0.05, 0) is 12.2 Å². The predicted molar refractivity (Wildman–Crippen MR) is 33.0 cm³/mol. The van der Waals surface area contributed by atoms with Gasteiger partial charge < -0.3 is 0 Å². The van der Waals surface area contributed by atoms with Crippen LogP contribution >= 0.6 is 7.80 Å². The van der Waals surface area contributed by atoms with Gasteiger partial charge in [0.1, 0.15) is 0 Å². The minimum absolute atomic E-state index is 0.791. The maximum atomic E-state index is 10.4. The molecular weight excluding hydrogens is 107 g/mol. The lowest BCUT2D eigenvalue weighted by Crippen LogP contribution is -1.66. The first-order valence-corrected chi connectivity index (χ1v) is 3.89. The molecule has 0 bridgehead atoms. The van der Waals surface area contributed by atoms with Crippen LogP contribution in [0.3, 0.4) is 0 Å². The van der Waals surface area contributed by atoms with Gasteiger partial charge in [-0.3, -0.25) is 4.57 Å². The summed E-state index contributed by atoms with van der Waals surface area (Å²) in [6.45, 7) is 5.41. The molecule has 0 aliphatic rings. The Labute approximate surface area is 45.2 Å². The van der Waals surface area contributed by atoms with E-state index in [9.17, 15) is 4.57 Å². The summed E-state index contributed by atoms with van der Waals surface area (Å²) in [5.41, 5.74) is 0. The van der Waals surface area contributed by atoms with Crippen molar-refractivity contribution >= 4 is 7.80 Å². The van der Waals surface area contributed by atoms with E-state index in [1.807, 2.05) is 6.92 Å². The smallest absolute Gasteiger partial charge is 0.0959 e. The first kappa shape index (κ1) is 6.84.